The lowest BCUT2D eigenvalue weighted by molar-refractivity contribution is 0.996. The van der Waals surface area contributed by atoms with Crippen LogP contribution in [0, 0.1) is 0 Å². The van der Waals surface area contributed by atoms with Gasteiger partial charge in [0, 0.05) is 42.1 Å². The van der Waals surface area contributed by atoms with Gasteiger partial charge in [0.15, 0.2) is 0 Å². The molecule has 0 bridgehead atoms. The fourth-order valence-corrected chi connectivity index (χ4v) is 7.47. The van der Waals surface area contributed by atoms with Crippen molar-refractivity contribution in [3.8, 4) is 39.6 Å². The molecule has 0 fully saturated rings. The van der Waals surface area contributed by atoms with Crippen molar-refractivity contribution in [3.05, 3.63) is 152 Å². The summed E-state index contributed by atoms with van der Waals surface area (Å²) in [5.41, 5.74) is 8.46. The summed E-state index contributed by atoms with van der Waals surface area (Å²) in [4.78, 5) is 10.5. The Labute approximate surface area is 258 Å². The van der Waals surface area contributed by atoms with Gasteiger partial charge in [-0.1, -0.05) is 121 Å². The van der Waals surface area contributed by atoms with Crippen molar-refractivity contribution in [2.24, 2.45) is 0 Å². The molecule has 0 atom stereocenters. The van der Waals surface area contributed by atoms with Crippen molar-refractivity contribution in [1.29, 1.82) is 0 Å². The Hall–Kier alpha value is -5.58. The summed E-state index contributed by atoms with van der Waals surface area (Å²) in [5.74, 6) is 0.661. The number of aromatic nitrogens is 3. The number of nitrogens with zero attached hydrogens (tertiary/aromatic N) is 3. The molecule has 0 spiro atoms. The van der Waals surface area contributed by atoms with Crippen molar-refractivity contribution in [2.45, 2.75) is 0 Å². The average Bonchev–Trinajstić information content (AvgIpc) is 3.64. The quantitative estimate of drug-likeness (QED) is 0.208. The Morgan fingerprint density at radius 1 is 0.386 bits per heavy atom. The Bertz CT molecular complexity index is 2490. The van der Waals surface area contributed by atoms with Crippen molar-refractivity contribution >= 4 is 53.3 Å². The number of benzene rings is 6. The second kappa shape index (κ2) is 10.0. The summed E-state index contributed by atoms with van der Waals surface area (Å²) >= 11 is 1.83. The molecule has 206 valence electrons. The minimum Gasteiger partial charge on any atom is -0.278 e. The second-order valence-electron chi connectivity index (χ2n) is 11.1. The molecule has 4 heteroatoms. The van der Waals surface area contributed by atoms with Gasteiger partial charge in [0.25, 0.3) is 0 Å². The molecule has 9 rings (SSSR count). The van der Waals surface area contributed by atoms with E-state index in [1.807, 2.05) is 17.4 Å². The second-order valence-corrected chi connectivity index (χ2v) is 12.1. The zero-order chi connectivity index (χ0) is 29.0. The van der Waals surface area contributed by atoms with Crippen molar-refractivity contribution in [3.63, 3.8) is 0 Å². The first-order chi connectivity index (χ1) is 21.8. The number of hydrogen-bond acceptors (Lipinski definition) is 3. The summed E-state index contributed by atoms with van der Waals surface area (Å²) < 4.78 is 4.78. The predicted molar refractivity (Wildman–Crippen MR) is 186 cm³/mol. The molecule has 0 aliphatic rings. The molecule has 3 heterocycles. The smallest absolute Gasteiger partial charge is 0.235 e. The number of fused-ring (bicyclic) bond motifs is 6. The van der Waals surface area contributed by atoms with Gasteiger partial charge in [-0.05, 0) is 41.5 Å². The summed E-state index contributed by atoms with van der Waals surface area (Å²) in [6, 6.07) is 53.6. The van der Waals surface area contributed by atoms with Gasteiger partial charge in [0.05, 0.1) is 22.4 Å². The first kappa shape index (κ1) is 25.0. The average molecular weight is 580 g/mol. The van der Waals surface area contributed by atoms with Crippen LogP contribution < -0.4 is 0 Å². The largest absolute Gasteiger partial charge is 0.278 e. The Morgan fingerprint density at radius 3 is 1.80 bits per heavy atom. The highest BCUT2D eigenvalue weighted by atomic mass is 32.1. The lowest BCUT2D eigenvalue weighted by Gasteiger charge is -2.12. The van der Waals surface area contributed by atoms with E-state index in [-0.39, 0.29) is 0 Å². The number of para-hydroxylation sites is 1. The van der Waals surface area contributed by atoms with E-state index in [9.17, 15) is 0 Å². The molecule has 0 radical (unpaired) electrons. The molecule has 0 unspecified atom stereocenters. The van der Waals surface area contributed by atoms with E-state index in [2.05, 4.69) is 150 Å². The molecular weight excluding hydrogens is 555 g/mol. The molecule has 0 saturated carbocycles. The van der Waals surface area contributed by atoms with Gasteiger partial charge in [-0.2, -0.15) is 0 Å². The summed E-state index contributed by atoms with van der Waals surface area (Å²) in [6.07, 6.45) is 0. The summed E-state index contributed by atoms with van der Waals surface area (Å²) in [6.45, 7) is 0. The van der Waals surface area contributed by atoms with Crippen molar-refractivity contribution < 1.29 is 0 Å². The van der Waals surface area contributed by atoms with E-state index >= 15 is 0 Å². The zero-order valence-electron chi connectivity index (χ0n) is 23.7. The molecule has 0 N–H and O–H groups in total. The van der Waals surface area contributed by atoms with E-state index in [4.69, 9.17) is 9.97 Å². The SMILES string of the molecule is c1ccc(-c2ccc3c4ccccc4n(-c4nc(-c5ccccc5)cc(-c5ccc6c(c5)sc5ccccc56)n4)c3c2)cc1. The third-order valence-electron chi connectivity index (χ3n) is 8.44. The molecular formula is C40H25N3S. The van der Waals surface area contributed by atoms with Crippen LogP contribution in [-0.4, -0.2) is 14.5 Å². The van der Waals surface area contributed by atoms with Crippen LogP contribution in [0.15, 0.2) is 152 Å². The van der Waals surface area contributed by atoms with Crippen LogP contribution in [0.4, 0.5) is 0 Å². The maximum absolute atomic E-state index is 5.29. The fourth-order valence-electron chi connectivity index (χ4n) is 6.32. The summed E-state index contributed by atoms with van der Waals surface area (Å²) in [5, 5.41) is 4.95. The van der Waals surface area contributed by atoms with Gasteiger partial charge >= 0.3 is 0 Å². The van der Waals surface area contributed by atoms with Crippen LogP contribution in [0.1, 0.15) is 0 Å². The molecule has 0 aliphatic carbocycles. The van der Waals surface area contributed by atoms with Crippen molar-refractivity contribution in [1.82, 2.24) is 14.5 Å². The minimum absolute atomic E-state index is 0.661. The van der Waals surface area contributed by atoms with E-state index < -0.39 is 0 Å². The van der Waals surface area contributed by atoms with Gasteiger partial charge in [-0.3, -0.25) is 4.57 Å². The van der Waals surface area contributed by atoms with Crippen LogP contribution in [0.3, 0.4) is 0 Å². The maximum atomic E-state index is 5.29. The van der Waals surface area contributed by atoms with Gasteiger partial charge in [-0.25, -0.2) is 9.97 Å². The Morgan fingerprint density at radius 2 is 0.977 bits per heavy atom. The first-order valence-electron chi connectivity index (χ1n) is 14.8. The minimum atomic E-state index is 0.661. The molecule has 3 nitrogen and oxygen atoms in total. The normalized spacial score (nSPS) is 11.6. The van der Waals surface area contributed by atoms with E-state index in [1.165, 1.54) is 36.5 Å². The molecule has 44 heavy (non-hydrogen) atoms. The topological polar surface area (TPSA) is 30.7 Å². The van der Waals surface area contributed by atoms with Crippen LogP contribution in [0.2, 0.25) is 0 Å². The third-order valence-corrected chi connectivity index (χ3v) is 9.57. The van der Waals surface area contributed by atoms with Gasteiger partial charge in [0.2, 0.25) is 5.95 Å². The number of thiophene rings is 1. The highest BCUT2D eigenvalue weighted by molar-refractivity contribution is 7.25. The van der Waals surface area contributed by atoms with Crippen LogP contribution in [-0.2, 0) is 0 Å². The predicted octanol–water partition coefficient (Wildman–Crippen LogP) is 10.9. The molecule has 0 amide bonds. The van der Waals surface area contributed by atoms with Gasteiger partial charge in [0.1, 0.15) is 0 Å². The molecule has 9 aromatic rings. The number of rotatable bonds is 4. The highest BCUT2D eigenvalue weighted by Gasteiger charge is 2.18. The highest BCUT2D eigenvalue weighted by Crippen LogP contribution is 2.38. The van der Waals surface area contributed by atoms with Gasteiger partial charge < -0.3 is 0 Å². The molecule has 3 aromatic heterocycles. The van der Waals surface area contributed by atoms with Crippen LogP contribution >= 0.6 is 11.3 Å². The maximum Gasteiger partial charge on any atom is 0.235 e. The van der Waals surface area contributed by atoms with Crippen molar-refractivity contribution in [2.75, 3.05) is 0 Å². The van der Waals surface area contributed by atoms with Gasteiger partial charge in [-0.15, -0.1) is 11.3 Å². The van der Waals surface area contributed by atoms with E-state index in [0.29, 0.717) is 5.95 Å². The standard InChI is InChI=1S/C40H25N3S/c1-3-11-26(12-4-1)28-19-21-31-30-15-7-9-17-36(30)43(37(31)23-28)40-41-34(27-13-5-2-6-14-27)25-35(42-40)29-20-22-33-32-16-8-10-18-38(32)44-39(33)24-29/h1-25H. The van der Waals surface area contributed by atoms with Crippen LogP contribution in [0.5, 0.6) is 0 Å². The Balaban J connectivity index is 1.32. The monoisotopic (exact) mass is 579 g/mol. The van der Waals surface area contributed by atoms with Crippen LogP contribution in [0.25, 0.3) is 81.6 Å². The third kappa shape index (κ3) is 4.03. The molecule has 0 saturated heterocycles. The van der Waals surface area contributed by atoms with E-state index in [0.717, 1.165) is 39.1 Å². The summed E-state index contributed by atoms with van der Waals surface area (Å²) in [7, 11) is 0. The fraction of sp³-hybridized carbons (Fsp3) is 0. The molecule has 6 aromatic carbocycles. The lowest BCUT2D eigenvalue weighted by Crippen LogP contribution is -2.04. The first-order valence-corrected chi connectivity index (χ1v) is 15.6. The molecule has 0 aliphatic heterocycles. The lowest BCUT2D eigenvalue weighted by atomic mass is 10.0. The number of hydrogen-bond donors (Lipinski definition) is 0. The Kier molecular flexibility index (Phi) is 5.68. The zero-order valence-corrected chi connectivity index (χ0v) is 24.5. The van der Waals surface area contributed by atoms with E-state index in [1.54, 1.807) is 0 Å².